The molecule has 23 heavy (non-hydrogen) atoms. The van der Waals surface area contributed by atoms with E-state index in [1.807, 2.05) is 0 Å². The number of hydrogen-bond acceptors (Lipinski definition) is 7. The highest BCUT2D eigenvalue weighted by atomic mass is 35.5. The minimum Gasteiger partial charge on any atom is -0.502 e. The molecule has 9 nitrogen and oxygen atoms in total. The van der Waals surface area contributed by atoms with Crippen LogP contribution >= 0.6 is 11.6 Å². The van der Waals surface area contributed by atoms with Crippen molar-refractivity contribution in [3.05, 3.63) is 48.8 Å². The van der Waals surface area contributed by atoms with Crippen molar-refractivity contribution in [2.75, 3.05) is 5.73 Å². The van der Waals surface area contributed by atoms with Crippen molar-refractivity contribution in [3.63, 3.8) is 0 Å². The van der Waals surface area contributed by atoms with E-state index >= 15 is 0 Å². The Balaban J connectivity index is 3.05. The molecule has 2 aromatic rings. The Morgan fingerprint density at radius 2 is 1.91 bits per heavy atom. The zero-order valence-corrected chi connectivity index (χ0v) is 11.9. The Bertz CT molecular complexity index is 984. The third kappa shape index (κ3) is 2.52. The second-order valence-corrected chi connectivity index (χ2v) is 4.73. The summed E-state index contributed by atoms with van der Waals surface area (Å²) in [5.41, 5.74) is 2.44. The number of nitrogen functional groups attached to an aromatic ring is 1. The quantitative estimate of drug-likeness (QED) is 0.554. The van der Waals surface area contributed by atoms with Crippen LogP contribution in [0.3, 0.4) is 0 Å². The lowest BCUT2D eigenvalue weighted by Gasteiger charge is -2.11. The fraction of sp³-hybridized carbons (Fsp3) is 0. The van der Waals surface area contributed by atoms with Gasteiger partial charge in [0.05, 0.1) is 4.92 Å². The topological polar surface area (TPSA) is 170 Å². The van der Waals surface area contributed by atoms with Crippen LogP contribution in [0.4, 0.5) is 11.5 Å². The Kier molecular flexibility index (Phi) is 3.90. The highest BCUT2D eigenvalue weighted by Crippen LogP contribution is 2.42. The number of aromatic nitrogens is 1. The van der Waals surface area contributed by atoms with E-state index in [1.54, 1.807) is 12.1 Å². The molecule has 0 aliphatic heterocycles. The van der Waals surface area contributed by atoms with Crippen molar-refractivity contribution in [1.29, 1.82) is 10.5 Å². The van der Waals surface area contributed by atoms with Crippen molar-refractivity contribution in [1.82, 2.24) is 4.98 Å². The van der Waals surface area contributed by atoms with Gasteiger partial charge in [0, 0.05) is 22.2 Å². The van der Waals surface area contributed by atoms with Gasteiger partial charge in [-0.3, -0.25) is 14.9 Å². The highest BCUT2D eigenvalue weighted by molar-refractivity contribution is 6.31. The number of aromatic hydroxyl groups is 1. The smallest absolute Gasteiger partial charge is 0.312 e. The number of aromatic amines is 1. The second kappa shape index (κ2) is 5.67. The van der Waals surface area contributed by atoms with E-state index < -0.39 is 27.5 Å². The summed E-state index contributed by atoms with van der Waals surface area (Å²) in [6.45, 7) is 0. The molecule has 0 unspecified atom stereocenters. The zero-order valence-electron chi connectivity index (χ0n) is 11.1. The van der Waals surface area contributed by atoms with Crippen LogP contribution in [-0.4, -0.2) is 15.0 Å². The average Bonchev–Trinajstić information content (AvgIpc) is 2.48. The number of nitrogens with two attached hydrogens (primary N) is 1. The predicted molar refractivity (Wildman–Crippen MR) is 79.7 cm³/mol. The summed E-state index contributed by atoms with van der Waals surface area (Å²) in [6.07, 6.45) is 0. The largest absolute Gasteiger partial charge is 0.502 e. The first kappa shape index (κ1) is 15.8. The van der Waals surface area contributed by atoms with Gasteiger partial charge in [-0.15, -0.1) is 0 Å². The molecule has 0 bridgehead atoms. The Morgan fingerprint density at radius 1 is 1.30 bits per heavy atom. The number of nitrogens with zero attached hydrogens (tertiary/aromatic N) is 3. The van der Waals surface area contributed by atoms with Gasteiger partial charge in [0.2, 0.25) is 5.75 Å². The molecule has 0 amide bonds. The Labute approximate surface area is 132 Å². The van der Waals surface area contributed by atoms with E-state index in [0.29, 0.717) is 0 Å². The third-order valence-electron chi connectivity index (χ3n) is 2.99. The molecule has 2 rings (SSSR count). The lowest BCUT2D eigenvalue weighted by atomic mass is 9.95. The molecule has 1 heterocycles. The number of pyridine rings is 1. The van der Waals surface area contributed by atoms with E-state index in [0.717, 1.165) is 12.1 Å². The number of phenolic OH excluding ortho intramolecular Hbond substituents is 1. The summed E-state index contributed by atoms with van der Waals surface area (Å²) >= 11 is 5.79. The van der Waals surface area contributed by atoms with Gasteiger partial charge in [0.1, 0.15) is 29.1 Å². The first-order chi connectivity index (χ1) is 10.8. The van der Waals surface area contributed by atoms with Gasteiger partial charge < -0.3 is 15.8 Å². The average molecular weight is 332 g/mol. The molecule has 1 aromatic carbocycles. The number of nitro groups is 1. The number of benzene rings is 1. The number of halogens is 1. The van der Waals surface area contributed by atoms with Gasteiger partial charge in [0.15, 0.2) is 0 Å². The number of nitriles is 2. The Hall–Kier alpha value is -3.56. The first-order valence-electron chi connectivity index (χ1n) is 5.85. The van der Waals surface area contributed by atoms with Gasteiger partial charge in [-0.1, -0.05) is 11.6 Å². The van der Waals surface area contributed by atoms with E-state index in [-0.39, 0.29) is 27.5 Å². The van der Waals surface area contributed by atoms with E-state index in [9.17, 15) is 25.3 Å². The first-order valence-corrected chi connectivity index (χ1v) is 6.22. The van der Waals surface area contributed by atoms with Crippen LogP contribution in [0.1, 0.15) is 11.1 Å². The number of rotatable bonds is 2. The fourth-order valence-electron chi connectivity index (χ4n) is 2.03. The maximum absolute atomic E-state index is 11.8. The molecule has 1 aromatic heterocycles. The zero-order chi connectivity index (χ0) is 17.3. The van der Waals surface area contributed by atoms with Crippen LogP contribution in [0, 0.1) is 32.8 Å². The summed E-state index contributed by atoms with van der Waals surface area (Å²) in [5.74, 6) is -1.18. The lowest BCUT2D eigenvalue weighted by molar-refractivity contribution is -0.385. The molecule has 0 aliphatic rings. The monoisotopic (exact) mass is 331 g/mol. The summed E-state index contributed by atoms with van der Waals surface area (Å²) < 4.78 is 0. The molecule has 10 heteroatoms. The number of anilines is 1. The minimum absolute atomic E-state index is 0.129. The van der Waals surface area contributed by atoms with E-state index in [1.165, 1.54) is 0 Å². The number of nitro benzene ring substituents is 1. The van der Waals surface area contributed by atoms with Crippen LogP contribution in [0.2, 0.25) is 5.02 Å². The number of hydrogen-bond donors (Lipinski definition) is 3. The van der Waals surface area contributed by atoms with Gasteiger partial charge in [-0.2, -0.15) is 10.5 Å². The van der Waals surface area contributed by atoms with Gasteiger partial charge in [-0.25, -0.2) is 0 Å². The highest BCUT2D eigenvalue weighted by Gasteiger charge is 2.26. The van der Waals surface area contributed by atoms with Gasteiger partial charge in [-0.05, 0) is 6.07 Å². The number of nitrogens with one attached hydrogen (secondary N) is 1. The van der Waals surface area contributed by atoms with E-state index in [4.69, 9.17) is 22.6 Å². The summed E-state index contributed by atoms with van der Waals surface area (Å²) in [7, 11) is 0. The molecule has 114 valence electrons. The summed E-state index contributed by atoms with van der Waals surface area (Å²) in [5, 5.41) is 39.3. The predicted octanol–water partition coefficient (Wildman–Crippen LogP) is 1.63. The SMILES string of the molecule is N#Cc1c(N)[nH]c(=O)c(C#N)c1-c1cc(Cl)cc([N+](=O)[O-])c1O. The van der Waals surface area contributed by atoms with Crippen molar-refractivity contribution in [2.45, 2.75) is 0 Å². The van der Waals surface area contributed by atoms with Gasteiger partial charge >= 0.3 is 5.69 Å². The molecule has 0 saturated carbocycles. The lowest BCUT2D eigenvalue weighted by Crippen LogP contribution is -2.16. The van der Waals surface area contributed by atoms with Crippen LogP contribution in [0.25, 0.3) is 11.1 Å². The van der Waals surface area contributed by atoms with Crippen LogP contribution in [0.5, 0.6) is 5.75 Å². The Morgan fingerprint density at radius 3 is 2.43 bits per heavy atom. The molecule has 4 N–H and O–H groups in total. The fourth-order valence-corrected chi connectivity index (χ4v) is 2.24. The number of phenols is 1. The standard InChI is InChI=1S/C13H6ClN5O4/c14-5-1-6(11(20)9(2-5)19(22)23)10-7(3-15)12(17)18-13(21)8(10)4-16/h1-2,20H,(H3,17,18,21). The summed E-state index contributed by atoms with van der Waals surface area (Å²) in [4.78, 5) is 24.0. The maximum atomic E-state index is 11.8. The number of H-pyrrole nitrogens is 1. The van der Waals surface area contributed by atoms with Crippen molar-refractivity contribution < 1.29 is 10.0 Å². The summed E-state index contributed by atoms with van der Waals surface area (Å²) in [6, 6.07) is 5.27. The molecule has 0 atom stereocenters. The molecule has 0 radical (unpaired) electrons. The molecule has 0 fully saturated rings. The second-order valence-electron chi connectivity index (χ2n) is 4.29. The van der Waals surface area contributed by atoms with E-state index in [2.05, 4.69) is 4.98 Å². The molecule has 0 aliphatic carbocycles. The van der Waals surface area contributed by atoms with Crippen molar-refractivity contribution in [2.24, 2.45) is 0 Å². The molecule has 0 saturated heterocycles. The van der Waals surface area contributed by atoms with Crippen molar-refractivity contribution in [3.8, 4) is 29.0 Å². The molecular weight excluding hydrogens is 326 g/mol. The van der Waals surface area contributed by atoms with Crippen LogP contribution in [0.15, 0.2) is 16.9 Å². The van der Waals surface area contributed by atoms with Crippen LogP contribution in [-0.2, 0) is 0 Å². The molecular formula is C13H6ClN5O4. The van der Waals surface area contributed by atoms with Gasteiger partial charge in [0.25, 0.3) is 5.56 Å². The van der Waals surface area contributed by atoms with Crippen molar-refractivity contribution >= 4 is 23.1 Å². The molecule has 0 spiro atoms. The van der Waals surface area contributed by atoms with Crippen LogP contribution < -0.4 is 11.3 Å². The maximum Gasteiger partial charge on any atom is 0.312 e. The minimum atomic E-state index is -0.902. The normalized spacial score (nSPS) is 9.87. The third-order valence-corrected chi connectivity index (χ3v) is 3.21.